The largest absolute Gasteiger partial charge is 0.355 e. The Labute approximate surface area is 162 Å². The van der Waals surface area contributed by atoms with Gasteiger partial charge in [0.1, 0.15) is 0 Å². The molecule has 0 aliphatic rings. The number of nitrogens with one attached hydrogen (secondary N) is 2. The molecule has 1 aromatic carbocycles. The van der Waals surface area contributed by atoms with Gasteiger partial charge < -0.3 is 15.5 Å². The molecule has 0 spiro atoms. The number of carbonyl (C=O) groups is 3. The molecule has 1 rings (SSSR count). The average Bonchev–Trinajstić information content (AvgIpc) is 2.55. The van der Waals surface area contributed by atoms with Gasteiger partial charge in [0.2, 0.25) is 17.7 Å². The van der Waals surface area contributed by atoms with E-state index in [9.17, 15) is 14.4 Å². The van der Waals surface area contributed by atoms with Crippen molar-refractivity contribution in [2.45, 2.75) is 34.6 Å². The van der Waals surface area contributed by atoms with Gasteiger partial charge in [-0.25, -0.2) is 0 Å². The first kappa shape index (κ1) is 22.6. The van der Waals surface area contributed by atoms with E-state index in [0.717, 1.165) is 22.4 Å². The summed E-state index contributed by atoms with van der Waals surface area (Å²) in [6, 6.07) is 4.05. The smallest absolute Gasteiger partial charge is 0.239 e. The van der Waals surface area contributed by atoms with Crippen LogP contribution in [0.3, 0.4) is 0 Å². The lowest BCUT2D eigenvalue weighted by Crippen LogP contribution is -2.45. The molecule has 7 heteroatoms. The molecule has 0 atom stereocenters. The van der Waals surface area contributed by atoms with Gasteiger partial charge in [0.05, 0.1) is 19.6 Å². The van der Waals surface area contributed by atoms with Crippen molar-refractivity contribution in [1.29, 1.82) is 0 Å². The van der Waals surface area contributed by atoms with Crippen LogP contribution in [-0.4, -0.2) is 67.3 Å². The molecule has 0 fully saturated rings. The molecule has 2 N–H and O–H groups in total. The van der Waals surface area contributed by atoms with E-state index in [0.29, 0.717) is 13.1 Å². The van der Waals surface area contributed by atoms with Crippen LogP contribution < -0.4 is 10.6 Å². The van der Waals surface area contributed by atoms with Crippen molar-refractivity contribution in [2.24, 2.45) is 0 Å². The van der Waals surface area contributed by atoms with Gasteiger partial charge in [-0.15, -0.1) is 0 Å². The van der Waals surface area contributed by atoms with Crippen molar-refractivity contribution >= 4 is 23.4 Å². The van der Waals surface area contributed by atoms with Gasteiger partial charge in [-0.05, 0) is 52.8 Å². The molecule has 3 amide bonds. The number of aryl methyl sites for hydroxylation is 3. The van der Waals surface area contributed by atoms with E-state index in [1.54, 1.807) is 11.9 Å². The van der Waals surface area contributed by atoms with E-state index in [4.69, 9.17) is 0 Å². The quantitative estimate of drug-likeness (QED) is 0.684. The number of nitrogens with zero attached hydrogens (tertiary/aromatic N) is 2. The Balaban J connectivity index is 2.60. The van der Waals surface area contributed by atoms with Crippen LogP contribution in [0.2, 0.25) is 0 Å². The normalized spacial score (nSPS) is 10.6. The van der Waals surface area contributed by atoms with Crippen LogP contribution in [0.4, 0.5) is 5.69 Å². The second kappa shape index (κ2) is 10.7. The maximum absolute atomic E-state index is 12.4. The first-order valence-electron chi connectivity index (χ1n) is 9.28. The maximum Gasteiger partial charge on any atom is 0.239 e. The van der Waals surface area contributed by atoms with Gasteiger partial charge in [-0.2, -0.15) is 0 Å². The van der Waals surface area contributed by atoms with Gasteiger partial charge in [0.15, 0.2) is 0 Å². The molecule has 27 heavy (non-hydrogen) atoms. The van der Waals surface area contributed by atoms with Gasteiger partial charge in [0, 0.05) is 18.8 Å². The van der Waals surface area contributed by atoms with Gasteiger partial charge in [0.25, 0.3) is 0 Å². The maximum atomic E-state index is 12.4. The molecule has 0 unspecified atom stereocenters. The second-order valence-corrected chi connectivity index (χ2v) is 6.86. The molecule has 0 heterocycles. The molecule has 0 saturated carbocycles. The van der Waals surface area contributed by atoms with Gasteiger partial charge >= 0.3 is 0 Å². The summed E-state index contributed by atoms with van der Waals surface area (Å²) in [6.45, 7) is 10.8. The fourth-order valence-corrected chi connectivity index (χ4v) is 2.99. The third-order valence-electron chi connectivity index (χ3n) is 4.20. The minimum Gasteiger partial charge on any atom is -0.355 e. The Kier molecular flexibility index (Phi) is 8.94. The van der Waals surface area contributed by atoms with E-state index in [1.807, 2.05) is 46.8 Å². The molecule has 0 aliphatic carbocycles. The molecular formula is C20H32N4O3. The number of amides is 3. The summed E-state index contributed by atoms with van der Waals surface area (Å²) in [4.78, 5) is 39.6. The predicted molar refractivity (Wildman–Crippen MR) is 108 cm³/mol. The average molecular weight is 377 g/mol. The van der Waals surface area contributed by atoms with E-state index in [-0.39, 0.29) is 37.4 Å². The molecule has 150 valence electrons. The van der Waals surface area contributed by atoms with Crippen molar-refractivity contribution in [3.8, 4) is 0 Å². The fraction of sp³-hybridized carbons (Fsp3) is 0.550. The first-order valence-corrected chi connectivity index (χ1v) is 9.28. The third kappa shape index (κ3) is 7.38. The van der Waals surface area contributed by atoms with Gasteiger partial charge in [-0.3, -0.25) is 19.3 Å². The lowest BCUT2D eigenvalue weighted by Gasteiger charge is -2.24. The Bertz CT molecular complexity index is 665. The summed E-state index contributed by atoms with van der Waals surface area (Å²) >= 11 is 0. The minimum absolute atomic E-state index is 0.0327. The van der Waals surface area contributed by atoms with Crippen molar-refractivity contribution in [3.63, 3.8) is 0 Å². The standard InChI is InChI=1S/C20H32N4O3/c1-7-21-17(25)12-24(8-2)19(27)13-23(6)11-18(26)22-20-15(4)9-14(3)10-16(20)5/h9-10H,7-8,11-13H2,1-6H3,(H,21,25)(H,22,26). The summed E-state index contributed by atoms with van der Waals surface area (Å²) in [6.07, 6.45) is 0. The fourth-order valence-electron chi connectivity index (χ4n) is 2.99. The number of hydrogen-bond acceptors (Lipinski definition) is 4. The number of anilines is 1. The summed E-state index contributed by atoms with van der Waals surface area (Å²) < 4.78 is 0. The van der Waals surface area contributed by atoms with Crippen LogP contribution in [0.15, 0.2) is 12.1 Å². The lowest BCUT2D eigenvalue weighted by atomic mass is 10.1. The molecule has 7 nitrogen and oxygen atoms in total. The number of carbonyl (C=O) groups excluding carboxylic acids is 3. The molecule has 0 aliphatic heterocycles. The molecule has 0 aromatic heterocycles. The highest BCUT2D eigenvalue weighted by Gasteiger charge is 2.18. The third-order valence-corrected chi connectivity index (χ3v) is 4.20. The molecule has 1 aromatic rings. The Morgan fingerprint density at radius 3 is 2.04 bits per heavy atom. The molecule has 0 saturated heterocycles. The van der Waals surface area contributed by atoms with E-state index in [1.165, 1.54) is 4.90 Å². The Morgan fingerprint density at radius 1 is 0.926 bits per heavy atom. The SMILES string of the molecule is CCNC(=O)CN(CC)C(=O)CN(C)CC(=O)Nc1c(C)cc(C)cc1C. The summed E-state index contributed by atoms with van der Waals surface area (Å²) in [7, 11) is 1.71. The van der Waals surface area contributed by atoms with Crippen LogP contribution >= 0.6 is 0 Å². The summed E-state index contributed by atoms with van der Waals surface area (Å²) in [5.74, 6) is -0.535. The van der Waals surface area contributed by atoms with E-state index < -0.39 is 0 Å². The highest BCUT2D eigenvalue weighted by Crippen LogP contribution is 2.21. The van der Waals surface area contributed by atoms with Crippen molar-refractivity contribution in [2.75, 3.05) is 45.1 Å². The number of hydrogen-bond donors (Lipinski definition) is 2. The van der Waals surface area contributed by atoms with Crippen LogP contribution in [0.5, 0.6) is 0 Å². The summed E-state index contributed by atoms with van der Waals surface area (Å²) in [5.41, 5.74) is 3.99. The van der Waals surface area contributed by atoms with Crippen molar-refractivity contribution in [1.82, 2.24) is 15.1 Å². The Morgan fingerprint density at radius 2 is 1.52 bits per heavy atom. The number of rotatable bonds is 9. The van der Waals surface area contributed by atoms with Crippen LogP contribution in [0.1, 0.15) is 30.5 Å². The first-order chi connectivity index (χ1) is 12.7. The zero-order valence-corrected chi connectivity index (χ0v) is 17.3. The predicted octanol–water partition coefficient (Wildman–Crippen LogP) is 1.47. The monoisotopic (exact) mass is 376 g/mol. The van der Waals surface area contributed by atoms with Crippen molar-refractivity contribution < 1.29 is 14.4 Å². The number of benzene rings is 1. The van der Waals surface area contributed by atoms with E-state index in [2.05, 4.69) is 10.6 Å². The Hall–Kier alpha value is -2.41. The second-order valence-electron chi connectivity index (χ2n) is 6.86. The zero-order chi connectivity index (χ0) is 20.6. The summed E-state index contributed by atoms with van der Waals surface area (Å²) in [5, 5.41) is 5.61. The van der Waals surface area contributed by atoms with Crippen molar-refractivity contribution in [3.05, 3.63) is 28.8 Å². The molecule has 0 bridgehead atoms. The zero-order valence-electron chi connectivity index (χ0n) is 17.3. The highest BCUT2D eigenvalue weighted by atomic mass is 16.2. The van der Waals surface area contributed by atoms with Crippen LogP contribution in [0.25, 0.3) is 0 Å². The molecule has 0 radical (unpaired) electrons. The topological polar surface area (TPSA) is 81.8 Å². The number of likely N-dealkylation sites (N-methyl/N-ethyl adjacent to an activating group) is 3. The van der Waals surface area contributed by atoms with Crippen LogP contribution in [0, 0.1) is 20.8 Å². The lowest BCUT2D eigenvalue weighted by molar-refractivity contribution is -0.136. The van der Waals surface area contributed by atoms with E-state index >= 15 is 0 Å². The van der Waals surface area contributed by atoms with Crippen LogP contribution in [-0.2, 0) is 14.4 Å². The van der Waals surface area contributed by atoms with Gasteiger partial charge in [-0.1, -0.05) is 17.7 Å². The highest BCUT2D eigenvalue weighted by molar-refractivity contribution is 5.94. The molecular weight excluding hydrogens is 344 g/mol. The minimum atomic E-state index is -0.182.